The zero-order valence-electron chi connectivity index (χ0n) is 17.0. The zero-order valence-corrected chi connectivity index (χ0v) is 17.0. The summed E-state index contributed by atoms with van der Waals surface area (Å²) in [7, 11) is 0. The van der Waals surface area contributed by atoms with Gasteiger partial charge in [-0.3, -0.25) is 14.5 Å². The van der Waals surface area contributed by atoms with Crippen molar-refractivity contribution in [2.75, 3.05) is 13.1 Å². The molecule has 1 amide bonds. The number of carbonyl (C=O) groups is 1. The molecule has 0 spiro atoms. The van der Waals surface area contributed by atoms with E-state index in [-0.39, 0.29) is 24.1 Å². The third-order valence-electron chi connectivity index (χ3n) is 6.53. The lowest BCUT2D eigenvalue weighted by Crippen LogP contribution is -2.53. The smallest absolute Gasteiger partial charge is 0.275 e. The number of nitrogens with one attached hydrogen (secondary N) is 2. The molecule has 8 nitrogen and oxygen atoms in total. The molecule has 0 radical (unpaired) electrons. The SMILES string of the molecule is Cc1nn(CC(=O)NC2[C@@H]3CC[C@H]2CN(Cc2cnc[nH]2)C3)c(=O)c2ccccc12. The number of benzene rings is 1. The molecular weight excluding hydrogens is 380 g/mol. The quantitative estimate of drug-likeness (QED) is 0.669. The van der Waals surface area contributed by atoms with E-state index in [0.29, 0.717) is 17.2 Å². The number of fused-ring (bicyclic) bond motifs is 3. The van der Waals surface area contributed by atoms with Gasteiger partial charge in [-0.05, 0) is 37.7 Å². The van der Waals surface area contributed by atoms with Gasteiger partial charge in [0, 0.05) is 43.0 Å². The highest BCUT2D eigenvalue weighted by Gasteiger charge is 2.42. The first-order valence-electron chi connectivity index (χ1n) is 10.5. The van der Waals surface area contributed by atoms with E-state index in [0.717, 1.165) is 49.2 Å². The Hall–Kier alpha value is -3.00. The fraction of sp³-hybridized carbons (Fsp3) is 0.455. The number of aromatic amines is 1. The lowest BCUT2D eigenvalue weighted by atomic mass is 9.92. The number of aryl methyl sites for hydroxylation is 1. The second-order valence-corrected chi connectivity index (χ2v) is 8.56. The van der Waals surface area contributed by atoms with Gasteiger partial charge in [-0.15, -0.1) is 0 Å². The minimum absolute atomic E-state index is 0.0433. The number of hydrogen-bond donors (Lipinski definition) is 2. The molecule has 3 aromatic rings. The van der Waals surface area contributed by atoms with Crippen LogP contribution in [0.5, 0.6) is 0 Å². The molecular formula is C22H26N6O2. The summed E-state index contributed by atoms with van der Waals surface area (Å²) in [5, 5.41) is 9.02. The van der Waals surface area contributed by atoms with Crippen molar-refractivity contribution in [1.29, 1.82) is 0 Å². The predicted octanol–water partition coefficient (Wildman–Crippen LogP) is 1.45. The van der Waals surface area contributed by atoms with Gasteiger partial charge in [-0.25, -0.2) is 9.67 Å². The lowest BCUT2D eigenvalue weighted by molar-refractivity contribution is -0.123. The van der Waals surface area contributed by atoms with Gasteiger partial charge in [0.1, 0.15) is 6.54 Å². The molecule has 1 saturated carbocycles. The largest absolute Gasteiger partial charge is 0.351 e. The van der Waals surface area contributed by atoms with Gasteiger partial charge in [0.05, 0.1) is 17.4 Å². The molecule has 156 valence electrons. The molecule has 1 aromatic carbocycles. The first kappa shape index (κ1) is 19.0. The van der Waals surface area contributed by atoms with Crippen molar-refractivity contribution in [2.45, 2.75) is 38.9 Å². The first-order valence-corrected chi connectivity index (χ1v) is 10.5. The third-order valence-corrected chi connectivity index (χ3v) is 6.53. The van der Waals surface area contributed by atoms with Crippen molar-refractivity contribution in [3.63, 3.8) is 0 Å². The van der Waals surface area contributed by atoms with Crippen molar-refractivity contribution in [1.82, 2.24) is 30.0 Å². The summed E-state index contributed by atoms with van der Waals surface area (Å²) in [6.45, 7) is 4.62. The normalized spacial score (nSPS) is 23.7. The molecule has 2 bridgehead atoms. The molecule has 1 aliphatic heterocycles. The van der Waals surface area contributed by atoms with Crippen LogP contribution in [0.2, 0.25) is 0 Å². The first-order chi connectivity index (χ1) is 14.6. The van der Waals surface area contributed by atoms with Crippen LogP contribution >= 0.6 is 0 Å². The Bertz CT molecular complexity index is 1110. The van der Waals surface area contributed by atoms with E-state index in [1.54, 1.807) is 12.4 Å². The van der Waals surface area contributed by atoms with Crippen molar-refractivity contribution in [2.24, 2.45) is 11.8 Å². The number of H-pyrrole nitrogens is 1. The average molecular weight is 406 g/mol. The standard InChI is InChI=1S/C22H26N6O2/c1-14-18-4-2-3-5-19(18)22(30)28(26-14)12-20(29)25-21-15-6-7-16(21)10-27(9-15)11-17-8-23-13-24-17/h2-5,8,13,15-16,21H,6-7,9-12H2,1H3,(H,23,24)(H,25,29)/t15-,16+,21?. The van der Waals surface area contributed by atoms with E-state index in [1.165, 1.54) is 4.68 Å². The fourth-order valence-electron chi connectivity index (χ4n) is 5.18. The molecule has 2 fully saturated rings. The van der Waals surface area contributed by atoms with Crippen LogP contribution in [0.15, 0.2) is 41.6 Å². The van der Waals surface area contributed by atoms with Crippen molar-refractivity contribution in [3.05, 3.63) is 58.5 Å². The van der Waals surface area contributed by atoms with E-state index in [1.807, 2.05) is 31.3 Å². The van der Waals surface area contributed by atoms with Gasteiger partial charge in [0.2, 0.25) is 5.91 Å². The summed E-state index contributed by atoms with van der Waals surface area (Å²) in [6, 6.07) is 7.58. The molecule has 2 aliphatic rings. The second kappa shape index (κ2) is 7.68. The minimum atomic E-state index is -0.219. The second-order valence-electron chi connectivity index (χ2n) is 8.56. The Morgan fingerprint density at radius 3 is 2.63 bits per heavy atom. The lowest BCUT2D eigenvalue weighted by Gasteiger charge is -2.38. The number of aromatic nitrogens is 4. The molecule has 2 aromatic heterocycles. The Morgan fingerprint density at radius 2 is 1.93 bits per heavy atom. The summed E-state index contributed by atoms with van der Waals surface area (Å²) in [5.74, 6) is 0.750. The van der Waals surface area contributed by atoms with E-state index < -0.39 is 0 Å². The van der Waals surface area contributed by atoms with Crippen LogP contribution in [0, 0.1) is 18.8 Å². The van der Waals surface area contributed by atoms with Crippen LogP contribution in [0.3, 0.4) is 0 Å². The number of amides is 1. The van der Waals surface area contributed by atoms with E-state index in [4.69, 9.17) is 0 Å². The number of nitrogens with zero attached hydrogens (tertiary/aromatic N) is 4. The average Bonchev–Trinajstić information content (AvgIpc) is 3.31. The number of likely N-dealkylation sites (tertiary alicyclic amines) is 1. The van der Waals surface area contributed by atoms with Crippen molar-refractivity contribution < 1.29 is 4.79 Å². The monoisotopic (exact) mass is 406 g/mol. The van der Waals surface area contributed by atoms with Crippen LogP contribution in [-0.2, 0) is 17.9 Å². The van der Waals surface area contributed by atoms with Crippen LogP contribution < -0.4 is 10.9 Å². The van der Waals surface area contributed by atoms with Crippen molar-refractivity contribution >= 4 is 16.7 Å². The summed E-state index contributed by atoms with van der Waals surface area (Å²) >= 11 is 0. The maximum atomic E-state index is 12.8. The van der Waals surface area contributed by atoms with Gasteiger partial charge < -0.3 is 10.3 Å². The number of imidazole rings is 1. The minimum Gasteiger partial charge on any atom is -0.351 e. The van der Waals surface area contributed by atoms with E-state index in [2.05, 4.69) is 25.3 Å². The highest BCUT2D eigenvalue weighted by molar-refractivity contribution is 5.83. The number of hydrogen-bond acceptors (Lipinski definition) is 5. The Morgan fingerprint density at radius 1 is 1.20 bits per heavy atom. The van der Waals surface area contributed by atoms with Gasteiger partial charge in [-0.2, -0.15) is 5.10 Å². The van der Waals surface area contributed by atoms with Gasteiger partial charge in [-0.1, -0.05) is 18.2 Å². The van der Waals surface area contributed by atoms with Gasteiger partial charge in [0.25, 0.3) is 5.56 Å². The molecule has 30 heavy (non-hydrogen) atoms. The molecule has 1 saturated heterocycles. The molecule has 2 N–H and O–H groups in total. The van der Waals surface area contributed by atoms with Crippen LogP contribution in [-0.4, -0.2) is 49.7 Å². The van der Waals surface area contributed by atoms with E-state index in [9.17, 15) is 9.59 Å². The maximum Gasteiger partial charge on any atom is 0.275 e. The Kier molecular flexibility index (Phi) is 4.86. The predicted molar refractivity (Wildman–Crippen MR) is 113 cm³/mol. The number of rotatable bonds is 5. The topological polar surface area (TPSA) is 95.9 Å². The molecule has 8 heteroatoms. The van der Waals surface area contributed by atoms with Gasteiger partial charge in [0.15, 0.2) is 0 Å². The summed E-state index contributed by atoms with van der Waals surface area (Å²) in [5.41, 5.74) is 1.66. The van der Waals surface area contributed by atoms with Crippen LogP contribution in [0.4, 0.5) is 0 Å². The third kappa shape index (κ3) is 3.52. The van der Waals surface area contributed by atoms with E-state index >= 15 is 0 Å². The molecule has 1 aliphatic carbocycles. The van der Waals surface area contributed by atoms with Crippen LogP contribution in [0.1, 0.15) is 24.2 Å². The summed E-state index contributed by atoms with van der Waals surface area (Å²) in [6.07, 6.45) is 5.83. The van der Waals surface area contributed by atoms with Gasteiger partial charge >= 0.3 is 0 Å². The number of piperidine rings is 1. The molecule has 5 rings (SSSR count). The fourth-order valence-corrected chi connectivity index (χ4v) is 5.18. The molecule has 1 unspecified atom stereocenters. The summed E-state index contributed by atoms with van der Waals surface area (Å²) in [4.78, 5) is 35.3. The maximum absolute atomic E-state index is 12.8. The highest BCUT2D eigenvalue weighted by atomic mass is 16.2. The Balaban J connectivity index is 1.26. The molecule has 3 heterocycles. The summed E-state index contributed by atoms with van der Waals surface area (Å²) < 4.78 is 1.29. The Labute approximate surface area is 174 Å². The van der Waals surface area contributed by atoms with Crippen molar-refractivity contribution in [3.8, 4) is 0 Å². The van der Waals surface area contributed by atoms with Crippen LogP contribution in [0.25, 0.3) is 10.8 Å². The molecule has 3 atom stereocenters. The number of carbonyl (C=O) groups excluding carboxylic acids is 1. The zero-order chi connectivity index (χ0) is 20.7. The highest BCUT2D eigenvalue weighted by Crippen LogP contribution is 2.37.